The monoisotopic (exact) mass is 480 g/mol. The summed E-state index contributed by atoms with van der Waals surface area (Å²) in [6.45, 7) is 0. The van der Waals surface area contributed by atoms with Crippen LogP contribution in [0.15, 0.2) is 48.5 Å². The average Bonchev–Trinajstić information content (AvgIpc) is 2.05. The Hall–Kier alpha value is 0.296. The van der Waals surface area contributed by atoms with Gasteiger partial charge in [-0.1, -0.05) is 48.5 Å². The van der Waals surface area contributed by atoms with E-state index in [9.17, 15) is 0 Å². The van der Waals surface area contributed by atoms with E-state index in [1.54, 1.807) is 0 Å². The molecule has 0 bridgehead atoms. The quantitative estimate of drug-likeness (QED) is 0.535. The van der Waals surface area contributed by atoms with E-state index >= 15 is 0 Å². The van der Waals surface area contributed by atoms with Gasteiger partial charge in [-0.25, -0.2) is 0 Å². The predicted molar refractivity (Wildman–Crippen MR) is 64.6 cm³/mol. The number of halogens is 2. The number of benzene rings is 2. The molecule has 2 aromatic carbocycles. The Kier molecular flexibility index (Phi) is 9.30. The number of fused-ring (bicyclic) bond motifs is 1. The van der Waals surface area contributed by atoms with E-state index in [4.69, 9.17) is 0 Å². The second-order valence-electron chi connectivity index (χ2n) is 2.35. The van der Waals surface area contributed by atoms with Crippen molar-refractivity contribution in [3.05, 3.63) is 48.5 Å². The van der Waals surface area contributed by atoms with Gasteiger partial charge in [0.2, 0.25) is 0 Å². The van der Waals surface area contributed by atoms with Gasteiger partial charge in [-0.15, -0.1) is 34.0 Å². The maximum atomic E-state index is 2.12. The molecule has 0 atom stereocenters. The van der Waals surface area contributed by atoms with E-state index in [0.29, 0.717) is 0 Å². The third kappa shape index (κ3) is 3.89. The summed E-state index contributed by atoms with van der Waals surface area (Å²) < 4.78 is 0. The fraction of sp³-hybridized carbons (Fsp3) is 0. The molecule has 0 aliphatic carbocycles. The van der Waals surface area contributed by atoms with Crippen LogP contribution in [0.25, 0.3) is 10.8 Å². The second kappa shape index (κ2) is 7.68. The van der Waals surface area contributed by atoms with Gasteiger partial charge in [-0.2, -0.15) is 0 Å². The Labute approximate surface area is 112 Å². The van der Waals surface area contributed by atoms with Gasteiger partial charge in [-0.05, 0) is 10.8 Å². The molecule has 0 amide bonds. The zero-order valence-electron chi connectivity index (χ0n) is 6.79. The van der Waals surface area contributed by atoms with E-state index in [1.165, 1.54) is 10.8 Å². The molecule has 0 aromatic heterocycles. The standard InChI is InChI=1S/C10H8.2BrH.Os/c1-2-6-10-8-4-3-7-9(10)5-1;;;/h1-8H;2*1H;. The Morgan fingerprint density at radius 1 is 0.538 bits per heavy atom. The first-order valence-corrected chi connectivity index (χ1v) is 3.40. The molecule has 13 heavy (non-hydrogen) atoms. The van der Waals surface area contributed by atoms with Crippen molar-refractivity contribution in [2.24, 2.45) is 0 Å². The molecule has 2 rings (SSSR count). The first-order valence-electron chi connectivity index (χ1n) is 3.40. The van der Waals surface area contributed by atoms with Gasteiger partial charge in [-0.3, -0.25) is 0 Å². The molecule has 0 heterocycles. The van der Waals surface area contributed by atoms with Crippen molar-refractivity contribution in [2.75, 3.05) is 0 Å². The van der Waals surface area contributed by atoms with Gasteiger partial charge >= 0.3 is 0 Å². The first kappa shape index (κ1) is 15.8. The van der Waals surface area contributed by atoms with Crippen molar-refractivity contribution in [2.45, 2.75) is 0 Å². The summed E-state index contributed by atoms with van der Waals surface area (Å²) in [5, 5.41) is 2.62. The third-order valence-corrected chi connectivity index (χ3v) is 1.66. The summed E-state index contributed by atoms with van der Waals surface area (Å²) in [4.78, 5) is 0. The predicted octanol–water partition coefficient (Wildman–Crippen LogP) is 3.99. The molecule has 0 spiro atoms. The molecule has 2 aromatic rings. The van der Waals surface area contributed by atoms with Crippen LogP contribution < -0.4 is 0 Å². The Balaban J connectivity index is 0. The van der Waals surface area contributed by atoms with Gasteiger partial charge in [0, 0.05) is 19.8 Å². The van der Waals surface area contributed by atoms with E-state index in [0.717, 1.165) is 0 Å². The molecular formula is C10H10Br2Os. The van der Waals surface area contributed by atoms with Crippen molar-refractivity contribution >= 4 is 44.7 Å². The summed E-state index contributed by atoms with van der Waals surface area (Å²) >= 11 is 0. The average molecular weight is 480 g/mol. The first-order chi connectivity index (χ1) is 4.97. The summed E-state index contributed by atoms with van der Waals surface area (Å²) in [7, 11) is 0. The molecule has 3 heteroatoms. The molecular weight excluding hydrogens is 470 g/mol. The van der Waals surface area contributed by atoms with Crippen LogP contribution in [0.3, 0.4) is 0 Å². The van der Waals surface area contributed by atoms with Crippen molar-refractivity contribution in [3.63, 3.8) is 0 Å². The fourth-order valence-electron chi connectivity index (χ4n) is 1.13. The topological polar surface area (TPSA) is 0 Å². The molecule has 0 unspecified atom stereocenters. The SMILES string of the molecule is Br.Br.[Os].c1ccc2ccccc2c1. The zero-order chi connectivity index (χ0) is 6.81. The van der Waals surface area contributed by atoms with Crippen LogP contribution in [0.1, 0.15) is 0 Å². The maximum Gasteiger partial charge on any atom is 0 e. The van der Waals surface area contributed by atoms with Crippen LogP contribution in [-0.2, 0) is 19.8 Å². The molecule has 0 aliphatic rings. The van der Waals surface area contributed by atoms with Crippen LogP contribution in [0.2, 0.25) is 0 Å². The van der Waals surface area contributed by atoms with Crippen LogP contribution in [0.4, 0.5) is 0 Å². The molecule has 0 aliphatic heterocycles. The molecule has 72 valence electrons. The second-order valence-corrected chi connectivity index (χ2v) is 2.35. The summed E-state index contributed by atoms with van der Waals surface area (Å²) in [6.07, 6.45) is 0. The molecule has 0 nitrogen and oxygen atoms in total. The minimum atomic E-state index is 0. The summed E-state index contributed by atoms with van der Waals surface area (Å²) in [6, 6.07) is 16.7. The Morgan fingerprint density at radius 2 is 0.769 bits per heavy atom. The van der Waals surface area contributed by atoms with Crippen LogP contribution in [-0.4, -0.2) is 0 Å². The zero-order valence-corrected chi connectivity index (χ0v) is 12.8. The van der Waals surface area contributed by atoms with Gasteiger partial charge in [0.1, 0.15) is 0 Å². The largest absolute Gasteiger partial charge is 0.114 e. The van der Waals surface area contributed by atoms with Gasteiger partial charge in [0.15, 0.2) is 0 Å². The van der Waals surface area contributed by atoms with Crippen LogP contribution in [0, 0.1) is 0 Å². The van der Waals surface area contributed by atoms with E-state index in [1.807, 2.05) is 0 Å². The summed E-state index contributed by atoms with van der Waals surface area (Å²) in [5.41, 5.74) is 0. The minimum Gasteiger partial charge on any atom is -0.114 e. The Morgan fingerprint density at radius 3 is 1.00 bits per heavy atom. The minimum absolute atomic E-state index is 0. The van der Waals surface area contributed by atoms with Crippen molar-refractivity contribution in [1.82, 2.24) is 0 Å². The molecule has 0 saturated carbocycles. The van der Waals surface area contributed by atoms with Gasteiger partial charge in [0.05, 0.1) is 0 Å². The van der Waals surface area contributed by atoms with Crippen molar-refractivity contribution < 1.29 is 19.8 Å². The third-order valence-electron chi connectivity index (χ3n) is 1.66. The van der Waals surface area contributed by atoms with Crippen LogP contribution >= 0.6 is 34.0 Å². The van der Waals surface area contributed by atoms with Gasteiger partial charge < -0.3 is 0 Å². The van der Waals surface area contributed by atoms with E-state index in [2.05, 4.69) is 48.5 Å². The van der Waals surface area contributed by atoms with E-state index in [-0.39, 0.29) is 53.8 Å². The molecule has 0 radical (unpaired) electrons. The molecule has 0 fully saturated rings. The number of rotatable bonds is 0. The summed E-state index contributed by atoms with van der Waals surface area (Å²) in [5.74, 6) is 0. The van der Waals surface area contributed by atoms with Crippen molar-refractivity contribution in [3.8, 4) is 0 Å². The maximum absolute atomic E-state index is 2.12. The van der Waals surface area contributed by atoms with E-state index < -0.39 is 0 Å². The smallest absolute Gasteiger partial charge is 0 e. The fourth-order valence-corrected chi connectivity index (χ4v) is 1.13. The number of hydrogen-bond donors (Lipinski definition) is 0. The number of hydrogen-bond acceptors (Lipinski definition) is 0. The van der Waals surface area contributed by atoms with Crippen LogP contribution in [0.5, 0.6) is 0 Å². The molecule has 0 saturated heterocycles. The molecule has 0 N–H and O–H groups in total. The Bertz CT molecular complexity index is 284. The normalized spacial score (nSPS) is 7.69. The van der Waals surface area contributed by atoms with Crippen molar-refractivity contribution in [1.29, 1.82) is 0 Å². The van der Waals surface area contributed by atoms with Gasteiger partial charge in [0.25, 0.3) is 0 Å².